The zero-order valence-corrected chi connectivity index (χ0v) is 22.2. The molecule has 2 unspecified atom stereocenters. The molecule has 6 atom stereocenters. The van der Waals surface area contributed by atoms with E-state index in [2.05, 4.69) is 19.7 Å². The first-order valence-corrected chi connectivity index (χ1v) is 13.1. The monoisotopic (exact) mass is 488 g/mol. The summed E-state index contributed by atoms with van der Waals surface area (Å²) in [5.74, 6) is -1.57. The molecule has 1 aromatic carbocycles. The number of Topliss-reactive ketones (excluding diaryl/α,β-unsaturated/α-hetero) is 3. The molecule has 2 saturated carbocycles. The molecule has 1 aromatic rings. The molecule has 2 aliphatic carbocycles. The molecule has 2 bridgehead atoms. The minimum atomic E-state index is -1.78. The fourth-order valence-electron chi connectivity index (χ4n) is 7.70. The molecule has 192 valence electrons. The molecule has 4 nitrogen and oxygen atoms in total. The van der Waals surface area contributed by atoms with Crippen LogP contribution in [0.25, 0.3) is 0 Å². The van der Waals surface area contributed by atoms with Gasteiger partial charge in [0.15, 0.2) is 22.8 Å². The lowest BCUT2D eigenvalue weighted by atomic mass is 9.36. The van der Waals surface area contributed by atoms with E-state index in [4.69, 9.17) is 4.74 Å². The summed E-state index contributed by atoms with van der Waals surface area (Å²) in [5, 5.41) is 0. The standard InChI is InChI=1S/C32H40O4/c1-8-14-22-19-31-20-23(15-9-2)30(6,7)36-27(31)24(16-10-3)26(34)32(28(31)35,29(22,4)5)25(33)21-17-12-11-13-18-21/h8-13,17-18,22-24,27H,1-3,14-16,19-20H2,4-7H3/t22-,23+,24?,27?,31-,32-/m1/s1. The summed E-state index contributed by atoms with van der Waals surface area (Å²) in [5.41, 5.74) is -3.74. The minimum Gasteiger partial charge on any atom is -0.370 e. The molecule has 0 aromatic heterocycles. The zero-order chi connectivity index (χ0) is 26.5. The van der Waals surface area contributed by atoms with Crippen molar-refractivity contribution in [1.82, 2.24) is 0 Å². The quantitative estimate of drug-likeness (QED) is 0.236. The fourth-order valence-corrected chi connectivity index (χ4v) is 7.70. The van der Waals surface area contributed by atoms with Crippen molar-refractivity contribution in [2.45, 2.75) is 71.5 Å². The molecule has 3 aliphatic rings. The maximum absolute atomic E-state index is 15.0. The first-order chi connectivity index (χ1) is 17.0. The van der Waals surface area contributed by atoms with E-state index < -0.39 is 33.9 Å². The third-order valence-corrected chi connectivity index (χ3v) is 9.73. The van der Waals surface area contributed by atoms with Gasteiger partial charge in [-0.15, -0.1) is 19.7 Å². The van der Waals surface area contributed by atoms with Crippen molar-refractivity contribution in [3.63, 3.8) is 0 Å². The maximum Gasteiger partial charge on any atom is 0.184 e. The van der Waals surface area contributed by atoms with Gasteiger partial charge in [-0.3, -0.25) is 14.4 Å². The van der Waals surface area contributed by atoms with E-state index in [0.717, 1.165) is 0 Å². The number of ether oxygens (including phenoxy) is 1. The van der Waals surface area contributed by atoms with Crippen LogP contribution >= 0.6 is 0 Å². The van der Waals surface area contributed by atoms with Crippen LogP contribution in [0.15, 0.2) is 68.3 Å². The van der Waals surface area contributed by atoms with E-state index in [0.29, 0.717) is 37.7 Å². The summed E-state index contributed by atoms with van der Waals surface area (Å²) >= 11 is 0. The second kappa shape index (κ2) is 9.06. The number of hydrogen-bond acceptors (Lipinski definition) is 4. The SMILES string of the molecule is C=CCC1C(=O)[C@]2(C(=O)c3ccccc3)C(=O)[C@@]3(C[C@H](CC=C)C(C)(C)OC13)C[C@@H](CC=C)C2(C)C. The summed E-state index contributed by atoms with van der Waals surface area (Å²) in [6.07, 6.45) is 7.70. The molecular formula is C32H40O4. The predicted molar refractivity (Wildman–Crippen MR) is 143 cm³/mol. The average Bonchev–Trinajstić information content (AvgIpc) is 2.83. The highest BCUT2D eigenvalue weighted by molar-refractivity contribution is 6.32. The van der Waals surface area contributed by atoms with Crippen molar-refractivity contribution in [2.24, 2.45) is 34.0 Å². The van der Waals surface area contributed by atoms with Crippen molar-refractivity contribution in [2.75, 3.05) is 0 Å². The highest BCUT2D eigenvalue weighted by Crippen LogP contribution is 2.69. The Morgan fingerprint density at radius 1 is 0.917 bits per heavy atom. The molecule has 3 fully saturated rings. The molecule has 0 N–H and O–H groups in total. The van der Waals surface area contributed by atoms with Crippen molar-refractivity contribution in [3.8, 4) is 0 Å². The zero-order valence-electron chi connectivity index (χ0n) is 22.2. The van der Waals surface area contributed by atoms with E-state index in [9.17, 15) is 14.4 Å². The van der Waals surface area contributed by atoms with E-state index >= 15 is 0 Å². The molecule has 1 saturated heterocycles. The smallest absolute Gasteiger partial charge is 0.184 e. The number of fused-ring (bicyclic) bond motifs is 1. The molecule has 1 aliphatic heterocycles. The third kappa shape index (κ3) is 3.40. The van der Waals surface area contributed by atoms with E-state index in [1.807, 2.05) is 45.9 Å². The van der Waals surface area contributed by atoms with Crippen LogP contribution < -0.4 is 0 Å². The van der Waals surface area contributed by atoms with Gasteiger partial charge >= 0.3 is 0 Å². The van der Waals surface area contributed by atoms with Crippen LogP contribution in [0.4, 0.5) is 0 Å². The van der Waals surface area contributed by atoms with Crippen LogP contribution in [-0.4, -0.2) is 29.1 Å². The lowest BCUT2D eigenvalue weighted by molar-refractivity contribution is -0.250. The summed E-state index contributed by atoms with van der Waals surface area (Å²) < 4.78 is 6.78. The van der Waals surface area contributed by atoms with Gasteiger partial charge in [0.05, 0.1) is 17.1 Å². The Morgan fingerprint density at radius 2 is 1.47 bits per heavy atom. The first-order valence-electron chi connectivity index (χ1n) is 13.1. The van der Waals surface area contributed by atoms with Crippen LogP contribution in [-0.2, 0) is 14.3 Å². The minimum absolute atomic E-state index is 0.0444. The molecule has 4 rings (SSSR count). The van der Waals surface area contributed by atoms with Crippen LogP contribution in [0.3, 0.4) is 0 Å². The Morgan fingerprint density at radius 3 is 2.06 bits per heavy atom. The molecule has 1 spiro atoms. The van der Waals surface area contributed by atoms with Crippen LogP contribution in [0.2, 0.25) is 0 Å². The number of hydrogen-bond donors (Lipinski definition) is 0. The third-order valence-electron chi connectivity index (χ3n) is 9.73. The van der Waals surface area contributed by atoms with Crippen molar-refractivity contribution >= 4 is 17.3 Å². The summed E-state index contributed by atoms with van der Waals surface area (Å²) in [7, 11) is 0. The average molecular weight is 489 g/mol. The number of benzene rings is 1. The van der Waals surface area contributed by atoms with Gasteiger partial charge in [0, 0.05) is 11.5 Å². The summed E-state index contributed by atoms with van der Waals surface area (Å²) in [4.78, 5) is 44.2. The Labute approximate surface area is 215 Å². The predicted octanol–water partition coefficient (Wildman–Crippen LogP) is 6.57. The van der Waals surface area contributed by atoms with E-state index in [-0.39, 0.29) is 29.2 Å². The second-order valence-electron chi connectivity index (χ2n) is 12.1. The lowest BCUT2D eigenvalue weighted by Crippen LogP contribution is -2.77. The van der Waals surface area contributed by atoms with Gasteiger partial charge in [-0.25, -0.2) is 0 Å². The number of carbonyl (C=O) groups is 3. The lowest BCUT2D eigenvalue weighted by Gasteiger charge is -2.67. The first kappa shape index (κ1) is 26.5. The van der Waals surface area contributed by atoms with Crippen LogP contribution in [0.1, 0.15) is 70.2 Å². The fraction of sp³-hybridized carbons (Fsp3) is 0.531. The van der Waals surface area contributed by atoms with Gasteiger partial charge in [0.25, 0.3) is 0 Å². The number of ketones is 3. The van der Waals surface area contributed by atoms with E-state index in [1.165, 1.54) is 0 Å². The van der Waals surface area contributed by atoms with Crippen LogP contribution in [0.5, 0.6) is 0 Å². The van der Waals surface area contributed by atoms with Crippen molar-refractivity contribution in [3.05, 3.63) is 73.9 Å². The van der Waals surface area contributed by atoms with Gasteiger partial charge in [0.1, 0.15) is 0 Å². The Hall–Kier alpha value is -2.59. The highest BCUT2D eigenvalue weighted by atomic mass is 16.5. The number of rotatable bonds is 8. The van der Waals surface area contributed by atoms with Crippen molar-refractivity contribution < 1.29 is 19.1 Å². The normalized spacial score (nSPS) is 36.4. The van der Waals surface area contributed by atoms with Gasteiger partial charge in [-0.2, -0.15) is 0 Å². The molecular weight excluding hydrogens is 448 g/mol. The molecule has 0 radical (unpaired) electrons. The molecule has 1 heterocycles. The highest BCUT2D eigenvalue weighted by Gasteiger charge is 2.78. The molecule has 36 heavy (non-hydrogen) atoms. The van der Waals surface area contributed by atoms with Crippen molar-refractivity contribution in [1.29, 1.82) is 0 Å². The largest absolute Gasteiger partial charge is 0.370 e. The summed E-state index contributed by atoms with van der Waals surface area (Å²) in [6, 6.07) is 8.83. The van der Waals surface area contributed by atoms with E-state index in [1.54, 1.807) is 30.3 Å². The van der Waals surface area contributed by atoms with Gasteiger partial charge < -0.3 is 4.74 Å². The Balaban J connectivity index is 2.03. The molecule has 0 amide bonds. The summed E-state index contributed by atoms with van der Waals surface area (Å²) in [6.45, 7) is 19.8. The van der Waals surface area contributed by atoms with Gasteiger partial charge in [0.2, 0.25) is 0 Å². The Bertz CT molecular complexity index is 1090. The van der Waals surface area contributed by atoms with Crippen LogP contribution in [0, 0.1) is 34.0 Å². The van der Waals surface area contributed by atoms with Gasteiger partial charge in [-0.05, 0) is 63.2 Å². The molecule has 4 heteroatoms. The Kier molecular flexibility index (Phi) is 6.66. The van der Waals surface area contributed by atoms with Gasteiger partial charge in [-0.1, -0.05) is 62.4 Å². The second-order valence-corrected chi connectivity index (χ2v) is 12.1. The maximum atomic E-state index is 15.0. The number of allylic oxidation sites excluding steroid dienone is 3. The number of carbonyl (C=O) groups excluding carboxylic acids is 3. The topological polar surface area (TPSA) is 60.4 Å².